The van der Waals surface area contributed by atoms with Gasteiger partial charge in [0, 0.05) is 35.6 Å². The number of hydrogen-bond donors (Lipinski definition) is 2. The molecule has 3 aromatic rings. The van der Waals surface area contributed by atoms with Gasteiger partial charge in [-0.2, -0.15) is 0 Å². The van der Waals surface area contributed by atoms with Gasteiger partial charge in [0.25, 0.3) is 5.91 Å². The Hall–Kier alpha value is -1.73. The molecule has 0 aliphatic rings. The summed E-state index contributed by atoms with van der Waals surface area (Å²) in [5, 5.41) is 3.08. The molecule has 2 aromatic heterocycles. The predicted molar refractivity (Wildman–Crippen MR) is 126 cm³/mol. The third-order valence-electron chi connectivity index (χ3n) is 4.45. The van der Waals surface area contributed by atoms with Gasteiger partial charge in [0.15, 0.2) is 0 Å². The van der Waals surface area contributed by atoms with Crippen molar-refractivity contribution in [2.45, 2.75) is 42.9 Å². The lowest BCUT2D eigenvalue weighted by molar-refractivity contribution is 0.0933. The maximum Gasteiger partial charge on any atom is 0.252 e. The second kappa shape index (κ2) is 12.8. The molecule has 1 unspecified atom stereocenters. The van der Waals surface area contributed by atoms with E-state index in [4.69, 9.17) is 5.73 Å². The smallest absolute Gasteiger partial charge is 0.252 e. The lowest BCUT2D eigenvalue weighted by Gasteiger charge is -2.17. The molecule has 158 valence electrons. The number of imidazole rings is 1. The van der Waals surface area contributed by atoms with Crippen LogP contribution in [-0.2, 0) is 5.75 Å². The number of nitrogens with one attached hydrogen (secondary N) is 1. The lowest BCUT2D eigenvalue weighted by atomic mass is 10.1. The topological polar surface area (TPSA) is 72.4 Å². The number of halogens is 2. The largest absolute Gasteiger partial charge is 0.348 e. The maximum atomic E-state index is 12.8. The van der Waals surface area contributed by atoms with Crippen molar-refractivity contribution in [2.75, 3.05) is 6.54 Å². The molecule has 2 heterocycles. The normalized spacial score (nSPS) is 11.4. The first-order valence-corrected chi connectivity index (χ1v) is 10.3. The van der Waals surface area contributed by atoms with Crippen molar-refractivity contribution >= 4 is 48.1 Å². The number of carbonyl (C=O) groups is 1. The summed E-state index contributed by atoms with van der Waals surface area (Å²) in [6.45, 7) is 2.60. The highest BCUT2D eigenvalue weighted by molar-refractivity contribution is 7.98. The molecular weight excluding hydrogens is 427 g/mol. The van der Waals surface area contributed by atoms with Crippen LogP contribution in [-0.4, -0.2) is 27.9 Å². The van der Waals surface area contributed by atoms with Crippen molar-refractivity contribution in [3.63, 3.8) is 0 Å². The average Bonchev–Trinajstić information content (AvgIpc) is 3.12. The Bertz CT molecular complexity index is 870. The van der Waals surface area contributed by atoms with Gasteiger partial charge in [-0.15, -0.1) is 36.6 Å². The molecule has 0 radical (unpaired) electrons. The molecule has 0 aliphatic heterocycles. The van der Waals surface area contributed by atoms with Crippen LogP contribution >= 0.6 is 36.6 Å². The number of rotatable bonds is 9. The molecule has 0 saturated heterocycles. The number of hydrogen-bond acceptors (Lipinski definition) is 4. The minimum Gasteiger partial charge on any atom is -0.348 e. The van der Waals surface area contributed by atoms with Crippen LogP contribution in [0.3, 0.4) is 0 Å². The van der Waals surface area contributed by atoms with Crippen LogP contribution in [0.2, 0.25) is 0 Å². The van der Waals surface area contributed by atoms with Crippen molar-refractivity contribution in [1.29, 1.82) is 0 Å². The summed E-state index contributed by atoms with van der Waals surface area (Å²) < 4.78 is 2.01. The molecule has 8 heteroatoms. The fourth-order valence-corrected chi connectivity index (χ4v) is 3.88. The summed E-state index contributed by atoms with van der Waals surface area (Å²) >= 11 is 1.63. The highest BCUT2D eigenvalue weighted by atomic mass is 35.5. The first kappa shape index (κ1) is 25.3. The van der Waals surface area contributed by atoms with Gasteiger partial charge in [-0.1, -0.05) is 38.0 Å². The van der Waals surface area contributed by atoms with Gasteiger partial charge in [0.1, 0.15) is 5.65 Å². The number of unbranched alkanes of at least 4 members (excludes halogenated alkanes) is 1. The third kappa shape index (κ3) is 6.93. The predicted octanol–water partition coefficient (Wildman–Crippen LogP) is 4.72. The second-order valence-corrected chi connectivity index (χ2v) is 7.55. The Morgan fingerprint density at radius 1 is 1.21 bits per heavy atom. The molecule has 1 amide bonds. The van der Waals surface area contributed by atoms with Crippen LogP contribution in [0.1, 0.15) is 42.2 Å². The van der Waals surface area contributed by atoms with Gasteiger partial charge in [0.2, 0.25) is 0 Å². The minimum atomic E-state index is -0.0559. The Morgan fingerprint density at radius 2 is 1.97 bits per heavy atom. The van der Waals surface area contributed by atoms with Crippen LogP contribution in [0.15, 0.2) is 59.8 Å². The number of carbonyl (C=O) groups excluding carboxylic acids is 1. The molecule has 0 fully saturated rings. The Kier molecular flexibility index (Phi) is 11.1. The van der Waals surface area contributed by atoms with Gasteiger partial charge in [-0.25, -0.2) is 4.98 Å². The molecule has 5 nitrogen and oxygen atoms in total. The van der Waals surface area contributed by atoms with E-state index in [9.17, 15) is 4.79 Å². The van der Waals surface area contributed by atoms with Crippen molar-refractivity contribution in [3.8, 4) is 0 Å². The summed E-state index contributed by atoms with van der Waals surface area (Å²) in [5.74, 6) is 0.655. The summed E-state index contributed by atoms with van der Waals surface area (Å²) in [5.41, 5.74) is 8.44. The second-order valence-electron chi connectivity index (χ2n) is 6.53. The zero-order valence-corrected chi connectivity index (χ0v) is 18.9. The highest BCUT2D eigenvalue weighted by Crippen LogP contribution is 2.26. The molecule has 1 atom stereocenters. The third-order valence-corrected chi connectivity index (χ3v) is 5.55. The Labute approximate surface area is 188 Å². The standard InChI is InChI=1S/C21H26N4OS.2ClH/c1-2-3-8-16(13-22)24-21(26)18-9-4-5-10-19(18)27-15-17-14-25-12-7-6-11-20(25)23-17;;/h4-7,9-12,14,16H,2-3,8,13,15,22H2,1H3,(H,24,26);2*1H. The van der Waals surface area contributed by atoms with Crippen molar-refractivity contribution in [2.24, 2.45) is 5.73 Å². The van der Waals surface area contributed by atoms with Gasteiger partial charge < -0.3 is 15.5 Å². The minimum absolute atomic E-state index is 0. The molecule has 0 spiro atoms. The van der Waals surface area contributed by atoms with E-state index in [1.807, 2.05) is 59.3 Å². The highest BCUT2D eigenvalue weighted by Gasteiger charge is 2.15. The average molecular weight is 455 g/mol. The van der Waals surface area contributed by atoms with E-state index in [0.717, 1.165) is 35.5 Å². The summed E-state index contributed by atoms with van der Waals surface area (Å²) in [7, 11) is 0. The number of aromatic nitrogens is 2. The molecule has 0 bridgehead atoms. The molecule has 29 heavy (non-hydrogen) atoms. The lowest BCUT2D eigenvalue weighted by Crippen LogP contribution is -2.40. The number of amides is 1. The SMILES string of the molecule is CCCCC(CN)NC(=O)c1ccccc1SCc1cn2ccccc2n1.Cl.Cl. The summed E-state index contributed by atoms with van der Waals surface area (Å²) in [4.78, 5) is 18.3. The molecular formula is C21H28Cl2N4OS. The first-order chi connectivity index (χ1) is 13.2. The van der Waals surface area contributed by atoms with Gasteiger partial charge in [0.05, 0.1) is 11.3 Å². The number of pyridine rings is 1. The van der Waals surface area contributed by atoms with Crippen molar-refractivity contribution < 1.29 is 4.79 Å². The molecule has 1 aromatic carbocycles. The number of fused-ring (bicyclic) bond motifs is 1. The monoisotopic (exact) mass is 454 g/mol. The van der Waals surface area contributed by atoms with Crippen LogP contribution in [0.4, 0.5) is 0 Å². The van der Waals surface area contributed by atoms with Crippen molar-refractivity contribution in [1.82, 2.24) is 14.7 Å². The summed E-state index contributed by atoms with van der Waals surface area (Å²) in [6.07, 6.45) is 7.08. The fourth-order valence-electron chi connectivity index (χ4n) is 2.95. The van der Waals surface area contributed by atoms with Crippen LogP contribution in [0.25, 0.3) is 5.65 Å². The zero-order chi connectivity index (χ0) is 19.1. The van der Waals surface area contributed by atoms with Crippen LogP contribution in [0.5, 0.6) is 0 Å². The Balaban J connectivity index is 0.00000210. The fraction of sp³-hybridized carbons (Fsp3) is 0.333. The number of thioether (sulfide) groups is 1. The molecule has 3 N–H and O–H groups in total. The van der Waals surface area contributed by atoms with E-state index in [0.29, 0.717) is 17.9 Å². The molecule has 3 rings (SSSR count). The van der Waals surface area contributed by atoms with E-state index in [2.05, 4.69) is 17.2 Å². The van der Waals surface area contributed by atoms with Crippen LogP contribution < -0.4 is 11.1 Å². The number of nitrogens with two attached hydrogens (primary N) is 1. The van der Waals surface area contributed by atoms with E-state index >= 15 is 0 Å². The maximum absolute atomic E-state index is 12.8. The molecule has 0 saturated carbocycles. The van der Waals surface area contributed by atoms with Crippen molar-refractivity contribution in [3.05, 3.63) is 66.1 Å². The van der Waals surface area contributed by atoms with E-state index in [1.165, 1.54) is 0 Å². The quantitative estimate of drug-likeness (QED) is 0.458. The number of benzene rings is 1. The van der Waals surface area contributed by atoms with Crippen LogP contribution in [0, 0.1) is 0 Å². The summed E-state index contributed by atoms with van der Waals surface area (Å²) in [6, 6.07) is 13.7. The first-order valence-electron chi connectivity index (χ1n) is 9.36. The van der Waals surface area contributed by atoms with Gasteiger partial charge >= 0.3 is 0 Å². The van der Waals surface area contributed by atoms with E-state index in [1.54, 1.807) is 11.8 Å². The number of nitrogens with zero attached hydrogens (tertiary/aromatic N) is 2. The Morgan fingerprint density at radius 3 is 2.69 bits per heavy atom. The van der Waals surface area contributed by atoms with Gasteiger partial charge in [-0.05, 0) is 30.7 Å². The molecule has 0 aliphatic carbocycles. The van der Waals surface area contributed by atoms with Gasteiger partial charge in [-0.3, -0.25) is 4.79 Å². The van der Waals surface area contributed by atoms with E-state index in [-0.39, 0.29) is 36.8 Å². The van der Waals surface area contributed by atoms with E-state index < -0.39 is 0 Å². The zero-order valence-electron chi connectivity index (χ0n) is 16.4.